The molecule has 28 heavy (non-hydrogen) atoms. The standard InChI is InChI=1S/C22H12N6/c23-11-13-1-4-15(5-2-13)21-25-18-8-6-16(10-20(18)28-21)22-26-17-7-3-14(12-24)9-19(17)27-22/h1-10H,(H,25,28)(H,26,27). The maximum Gasteiger partial charge on any atom is 0.138 e. The molecule has 2 aromatic heterocycles. The fourth-order valence-corrected chi connectivity index (χ4v) is 3.21. The zero-order chi connectivity index (χ0) is 19.1. The van der Waals surface area contributed by atoms with Gasteiger partial charge in [0.25, 0.3) is 0 Å². The average molecular weight is 360 g/mol. The Hall–Kier alpha value is -4.42. The molecule has 0 radical (unpaired) electrons. The topological polar surface area (TPSA) is 105 Å². The van der Waals surface area contributed by atoms with Crippen molar-refractivity contribution < 1.29 is 0 Å². The average Bonchev–Trinajstić information content (AvgIpc) is 3.36. The van der Waals surface area contributed by atoms with Crippen LogP contribution in [0.5, 0.6) is 0 Å². The second kappa shape index (κ2) is 6.08. The number of fused-ring (bicyclic) bond motifs is 2. The van der Waals surface area contributed by atoms with E-state index in [-0.39, 0.29) is 0 Å². The quantitative estimate of drug-likeness (QED) is 0.483. The Balaban J connectivity index is 1.56. The zero-order valence-electron chi connectivity index (χ0n) is 14.6. The number of aromatic nitrogens is 4. The van der Waals surface area contributed by atoms with E-state index >= 15 is 0 Å². The van der Waals surface area contributed by atoms with E-state index in [9.17, 15) is 0 Å². The van der Waals surface area contributed by atoms with Gasteiger partial charge in [0.1, 0.15) is 11.6 Å². The Kier molecular flexibility index (Phi) is 3.43. The predicted octanol–water partition coefficient (Wildman–Crippen LogP) is 4.52. The third-order valence-electron chi connectivity index (χ3n) is 4.65. The monoisotopic (exact) mass is 360 g/mol. The second-order valence-electron chi connectivity index (χ2n) is 6.44. The molecule has 0 aliphatic rings. The summed E-state index contributed by atoms with van der Waals surface area (Å²) >= 11 is 0. The predicted molar refractivity (Wildman–Crippen MR) is 106 cm³/mol. The summed E-state index contributed by atoms with van der Waals surface area (Å²) in [5.41, 5.74) is 6.46. The minimum atomic E-state index is 0.596. The van der Waals surface area contributed by atoms with E-state index in [4.69, 9.17) is 10.5 Å². The number of rotatable bonds is 2. The highest BCUT2D eigenvalue weighted by Crippen LogP contribution is 2.26. The highest BCUT2D eigenvalue weighted by molar-refractivity contribution is 5.86. The maximum absolute atomic E-state index is 9.05. The van der Waals surface area contributed by atoms with E-state index in [1.807, 2.05) is 36.4 Å². The number of nitrogens with zero attached hydrogens (tertiary/aromatic N) is 4. The van der Waals surface area contributed by atoms with Gasteiger partial charge in [0.15, 0.2) is 0 Å². The van der Waals surface area contributed by atoms with Crippen molar-refractivity contribution in [2.75, 3.05) is 0 Å². The van der Waals surface area contributed by atoms with Crippen LogP contribution in [0.25, 0.3) is 44.8 Å². The van der Waals surface area contributed by atoms with Crippen LogP contribution >= 0.6 is 0 Å². The van der Waals surface area contributed by atoms with Crippen LogP contribution in [-0.2, 0) is 0 Å². The molecule has 6 heteroatoms. The number of aromatic amines is 2. The number of nitriles is 2. The number of H-pyrrole nitrogens is 2. The van der Waals surface area contributed by atoms with Gasteiger partial charge in [0, 0.05) is 11.1 Å². The first-order chi connectivity index (χ1) is 13.7. The lowest BCUT2D eigenvalue weighted by Crippen LogP contribution is -1.81. The van der Waals surface area contributed by atoms with Gasteiger partial charge in [0.05, 0.1) is 45.3 Å². The number of hydrogen-bond donors (Lipinski definition) is 2. The Morgan fingerprint density at radius 1 is 0.607 bits per heavy atom. The third-order valence-corrected chi connectivity index (χ3v) is 4.65. The van der Waals surface area contributed by atoms with Crippen LogP contribution in [0.15, 0.2) is 60.7 Å². The second-order valence-corrected chi connectivity index (χ2v) is 6.44. The molecule has 0 atom stereocenters. The molecule has 0 aliphatic carbocycles. The minimum absolute atomic E-state index is 0.596. The van der Waals surface area contributed by atoms with E-state index in [1.54, 1.807) is 24.3 Å². The molecule has 0 unspecified atom stereocenters. The maximum atomic E-state index is 9.05. The molecule has 0 amide bonds. The molecule has 0 saturated carbocycles. The molecule has 5 aromatic rings. The molecule has 0 bridgehead atoms. The van der Waals surface area contributed by atoms with Gasteiger partial charge in [-0.05, 0) is 60.7 Å². The zero-order valence-corrected chi connectivity index (χ0v) is 14.6. The smallest absolute Gasteiger partial charge is 0.138 e. The number of nitrogens with one attached hydrogen (secondary N) is 2. The molecule has 0 fully saturated rings. The lowest BCUT2D eigenvalue weighted by atomic mass is 10.1. The third kappa shape index (κ3) is 2.57. The van der Waals surface area contributed by atoms with Gasteiger partial charge in [-0.3, -0.25) is 0 Å². The van der Waals surface area contributed by atoms with Crippen LogP contribution in [0.4, 0.5) is 0 Å². The summed E-state index contributed by atoms with van der Waals surface area (Å²) in [6.07, 6.45) is 0. The van der Waals surface area contributed by atoms with Gasteiger partial charge < -0.3 is 9.97 Å². The molecule has 3 aromatic carbocycles. The van der Waals surface area contributed by atoms with Crippen LogP contribution in [0, 0.1) is 22.7 Å². The molecular weight excluding hydrogens is 348 g/mol. The summed E-state index contributed by atoms with van der Waals surface area (Å²) in [7, 11) is 0. The first kappa shape index (κ1) is 15.8. The first-order valence-corrected chi connectivity index (χ1v) is 8.64. The van der Waals surface area contributed by atoms with Crippen molar-refractivity contribution in [2.24, 2.45) is 0 Å². The Labute approximate surface area is 159 Å². The Morgan fingerprint density at radius 3 is 1.82 bits per heavy atom. The summed E-state index contributed by atoms with van der Waals surface area (Å²) < 4.78 is 0. The normalized spacial score (nSPS) is 10.8. The fraction of sp³-hybridized carbons (Fsp3) is 0. The summed E-state index contributed by atoms with van der Waals surface area (Å²) in [4.78, 5) is 15.9. The van der Waals surface area contributed by atoms with Crippen LogP contribution < -0.4 is 0 Å². The highest BCUT2D eigenvalue weighted by Gasteiger charge is 2.10. The molecule has 130 valence electrons. The number of imidazole rings is 2. The van der Waals surface area contributed by atoms with E-state index < -0.39 is 0 Å². The van der Waals surface area contributed by atoms with E-state index in [0.29, 0.717) is 11.1 Å². The van der Waals surface area contributed by atoms with Crippen molar-refractivity contribution in [1.29, 1.82) is 10.5 Å². The lowest BCUT2D eigenvalue weighted by Gasteiger charge is -1.96. The Bertz CT molecular complexity index is 1420. The van der Waals surface area contributed by atoms with Crippen molar-refractivity contribution in [3.8, 4) is 34.9 Å². The van der Waals surface area contributed by atoms with E-state index in [0.717, 1.165) is 44.8 Å². The van der Waals surface area contributed by atoms with Crippen LogP contribution in [0.2, 0.25) is 0 Å². The lowest BCUT2D eigenvalue weighted by molar-refractivity contribution is 1.33. The van der Waals surface area contributed by atoms with Gasteiger partial charge in [-0.2, -0.15) is 10.5 Å². The highest BCUT2D eigenvalue weighted by atomic mass is 14.9. The van der Waals surface area contributed by atoms with Gasteiger partial charge >= 0.3 is 0 Å². The molecule has 6 nitrogen and oxygen atoms in total. The molecule has 0 spiro atoms. The van der Waals surface area contributed by atoms with Crippen molar-refractivity contribution in [1.82, 2.24) is 19.9 Å². The fourth-order valence-electron chi connectivity index (χ4n) is 3.21. The summed E-state index contributed by atoms with van der Waals surface area (Å²) in [6, 6.07) is 22.9. The van der Waals surface area contributed by atoms with Crippen molar-refractivity contribution >= 4 is 22.1 Å². The SMILES string of the molecule is N#Cc1ccc(-c2nc3ccc(-c4nc5ccc(C#N)cc5[nH]4)cc3[nH]2)cc1. The molecule has 2 N–H and O–H groups in total. The molecule has 0 saturated heterocycles. The first-order valence-electron chi connectivity index (χ1n) is 8.64. The number of benzene rings is 3. The van der Waals surface area contributed by atoms with Crippen molar-refractivity contribution in [3.63, 3.8) is 0 Å². The minimum Gasteiger partial charge on any atom is -0.338 e. The summed E-state index contributed by atoms with van der Waals surface area (Å²) in [6.45, 7) is 0. The largest absolute Gasteiger partial charge is 0.338 e. The molecule has 0 aliphatic heterocycles. The van der Waals surface area contributed by atoms with Gasteiger partial charge in [-0.25, -0.2) is 9.97 Å². The van der Waals surface area contributed by atoms with Crippen LogP contribution in [-0.4, -0.2) is 19.9 Å². The van der Waals surface area contributed by atoms with Gasteiger partial charge in [-0.1, -0.05) is 0 Å². The summed E-state index contributed by atoms with van der Waals surface area (Å²) in [5, 5.41) is 18.0. The molecular formula is C22H12N6. The van der Waals surface area contributed by atoms with E-state index in [1.165, 1.54) is 0 Å². The van der Waals surface area contributed by atoms with Gasteiger partial charge in [-0.15, -0.1) is 0 Å². The number of hydrogen-bond acceptors (Lipinski definition) is 4. The molecule has 5 rings (SSSR count). The van der Waals surface area contributed by atoms with Gasteiger partial charge in [0.2, 0.25) is 0 Å². The summed E-state index contributed by atoms with van der Waals surface area (Å²) in [5.74, 6) is 1.49. The van der Waals surface area contributed by atoms with E-state index in [2.05, 4.69) is 32.1 Å². The van der Waals surface area contributed by atoms with Crippen LogP contribution in [0.1, 0.15) is 11.1 Å². The Morgan fingerprint density at radius 2 is 1.14 bits per heavy atom. The van der Waals surface area contributed by atoms with Crippen LogP contribution in [0.3, 0.4) is 0 Å². The molecule has 2 heterocycles. The van der Waals surface area contributed by atoms with Crippen molar-refractivity contribution in [3.05, 3.63) is 71.8 Å². The van der Waals surface area contributed by atoms with Crippen molar-refractivity contribution in [2.45, 2.75) is 0 Å².